The highest BCUT2D eigenvalue weighted by Gasteiger charge is 2.13. The van der Waals surface area contributed by atoms with E-state index >= 15 is 0 Å². The number of carbonyl (C=O) groups is 2. The molecule has 0 atom stereocenters. The highest BCUT2D eigenvalue weighted by molar-refractivity contribution is 6.39. The Morgan fingerprint density at radius 2 is 1.79 bits per heavy atom. The van der Waals surface area contributed by atoms with Crippen LogP contribution < -0.4 is 15.5 Å². The van der Waals surface area contributed by atoms with E-state index in [0.717, 1.165) is 11.3 Å². The Labute approximate surface area is 144 Å². The predicted octanol–water partition coefficient (Wildman–Crippen LogP) is 2.83. The topological polar surface area (TPSA) is 79.8 Å². The molecule has 0 saturated carbocycles. The Kier molecular flexibility index (Phi) is 5.92. The van der Waals surface area contributed by atoms with Crippen LogP contribution in [0.2, 0.25) is 5.02 Å². The van der Waals surface area contributed by atoms with Crippen molar-refractivity contribution in [3.63, 3.8) is 0 Å². The summed E-state index contributed by atoms with van der Waals surface area (Å²) in [6, 6.07) is 13.7. The van der Waals surface area contributed by atoms with E-state index in [0.29, 0.717) is 16.4 Å². The number of nitrogens with one attached hydrogen (secondary N) is 2. The number of methoxy groups -OCH3 is 1. The number of ether oxygens (including phenoxy) is 1. The highest BCUT2D eigenvalue weighted by atomic mass is 35.5. The van der Waals surface area contributed by atoms with Gasteiger partial charge in [0.25, 0.3) is 0 Å². The van der Waals surface area contributed by atoms with Gasteiger partial charge in [-0.2, -0.15) is 5.10 Å². The van der Waals surface area contributed by atoms with Gasteiger partial charge in [-0.05, 0) is 55.0 Å². The van der Waals surface area contributed by atoms with Crippen molar-refractivity contribution in [1.82, 2.24) is 5.43 Å². The van der Waals surface area contributed by atoms with E-state index in [1.54, 1.807) is 62.6 Å². The molecule has 2 amide bonds. The Morgan fingerprint density at radius 3 is 2.42 bits per heavy atom. The summed E-state index contributed by atoms with van der Waals surface area (Å²) in [5.41, 5.74) is 4.00. The van der Waals surface area contributed by atoms with Gasteiger partial charge in [-0.15, -0.1) is 0 Å². The van der Waals surface area contributed by atoms with Gasteiger partial charge in [0.2, 0.25) is 0 Å². The Balaban J connectivity index is 1.96. The van der Waals surface area contributed by atoms with Gasteiger partial charge in [0.05, 0.1) is 12.8 Å². The summed E-state index contributed by atoms with van der Waals surface area (Å²) in [7, 11) is 1.58. The molecule has 0 saturated heterocycles. The van der Waals surface area contributed by atoms with Crippen LogP contribution in [0, 0.1) is 0 Å². The Hall–Kier alpha value is -2.86. The molecule has 0 fully saturated rings. The molecule has 124 valence electrons. The van der Waals surface area contributed by atoms with Crippen molar-refractivity contribution in [2.75, 3.05) is 12.4 Å². The van der Waals surface area contributed by atoms with Gasteiger partial charge in [0.15, 0.2) is 0 Å². The van der Waals surface area contributed by atoms with Gasteiger partial charge in [0, 0.05) is 10.7 Å². The molecule has 6 nitrogen and oxygen atoms in total. The second kappa shape index (κ2) is 8.12. The number of halogens is 1. The summed E-state index contributed by atoms with van der Waals surface area (Å²) in [4.78, 5) is 23.6. The fraction of sp³-hybridized carbons (Fsp3) is 0.118. The summed E-state index contributed by atoms with van der Waals surface area (Å²) in [6.45, 7) is 1.72. The fourth-order valence-corrected chi connectivity index (χ4v) is 2.03. The number of hydrazone groups is 1. The van der Waals surface area contributed by atoms with Crippen molar-refractivity contribution in [2.45, 2.75) is 6.92 Å². The lowest BCUT2D eigenvalue weighted by Crippen LogP contribution is -2.32. The zero-order valence-electron chi connectivity index (χ0n) is 13.2. The lowest BCUT2D eigenvalue weighted by Gasteiger charge is -2.06. The number of carbonyl (C=O) groups excluding carboxylic acids is 2. The molecule has 2 rings (SSSR count). The maximum atomic E-state index is 11.8. The van der Waals surface area contributed by atoms with Crippen LogP contribution in [0.15, 0.2) is 53.6 Å². The third-order valence-electron chi connectivity index (χ3n) is 3.12. The molecule has 7 heteroatoms. The van der Waals surface area contributed by atoms with Gasteiger partial charge >= 0.3 is 11.8 Å². The minimum atomic E-state index is -0.872. The molecule has 0 spiro atoms. The van der Waals surface area contributed by atoms with E-state index in [9.17, 15) is 9.59 Å². The summed E-state index contributed by atoms with van der Waals surface area (Å²) in [6.07, 6.45) is 0. The zero-order valence-corrected chi connectivity index (χ0v) is 13.9. The number of benzene rings is 2. The van der Waals surface area contributed by atoms with E-state index in [2.05, 4.69) is 15.8 Å². The van der Waals surface area contributed by atoms with Crippen molar-refractivity contribution < 1.29 is 14.3 Å². The molecule has 0 unspecified atom stereocenters. The van der Waals surface area contributed by atoms with Crippen LogP contribution in [0.3, 0.4) is 0 Å². The monoisotopic (exact) mass is 345 g/mol. The maximum absolute atomic E-state index is 11.8. The van der Waals surface area contributed by atoms with Crippen molar-refractivity contribution >= 4 is 34.8 Å². The zero-order chi connectivity index (χ0) is 17.5. The summed E-state index contributed by atoms with van der Waals surface area (Å²) in [5.74, 6) is -0.983. The predicted molar refractivity (Wildman–Crippen MR) is 93.4 cm³/mol. The molecule has 0 aliphatic heterocycles. The molecule has 2 aromatic carbocycles. The van der Waals surface area contributed by atoms with E-state index in [1.807, 2.05) is 0 Å². The molecular weight excluding hydrogens is 330 g/mol. The number of nitrogens with zero attached hydrogens (tertiary/aromatic N) is 1. The van der Waals surface area contributed by atoms with Crippen molar-refractivity contribution in [1.29, 1.82) is 0 Å². The summed E-state index contributed by atoms with van der Waals surface area (Å²) >= 11 is 5.82. The van der Waals surface area contributed by atoms with Crippen LogP contribution in [0.4, 0.5) is 5.69 Å². The molecule has 2 N–H and O–H groups in total. The minimum Gasteiger partial charge on any atom is -0.497 e. The molecule has 0 heterocycles. The first kappa shape index (κ1) is 17.5. The second-order valence-corrected chi connectivity index (χ2v) is 5.27. The van der Waals surface area contributed by atoms with Crippen LogP contribution in [0.1, 0.15) is 12.5 Å². The Bertz CT molecular complexity index is 773. The minimum absolute atomic E-state index is 0.429. The van der Waals surface area contributed by atoms with Crippen LogP contribution in [-0.2, 0) is 9.59 Å². The number of rotatable bonds is 4. The van der Waals surface area contributed by atoms with E-state index in [1.165, 1.54) is 0 Å². The summed E-state index contributed by atoms with van der Waals surface area (Å²) in [5, 5.41) is 6.82. The van der Waals surface area contributed by atoms with E-state index in [-0.39, 0.29) is 0 Å². The first-order valence-electron chi connectivity index (χ1n) is 7.05. The number of hydrogen-bond donors (Lipinski definition) is 2. The van der Waals surface area contributed by atoms with Crippen molar-refractivity contribution in [3.05, 3.63) is 59.1 Å². The van der Waals surface area contributed by atoms with Crippen molar-refractivity contribution in [3.8, 4) is 5.75 Å². The van der Waals surface area contributed by atoms with Gasteiger partial charge in [-0.3, -0.25) is 9.59 Å². The molecule has 0 aliphatic carbocycles. The number of hydrogen-bond acceptors (Lipinski definition) is 4. The SMILES string of the molecule is COc1ccc(C(C)=NNC(=O)C(=O)Nc2cccc(Cl)c2)cc1. The van der Waals surface area contributed by atoms with Gasteiger partial charge < -0.3 is 10.1 Å². The van der Waals surface area contributed by atoms with Crippen LogP contribution in [0.25, 0.3) is 0 Å². The average molecular weight is 346 g/mol. The van der Waals surface area contributed by atoms with Gasteiger partial charge in [-0.25, -0.2) is 5.43 Å². The smallest absolute Gasteiger partial charge is 0.329 e. The number of amides is 2. The maximum Gasteiger partial charge on any atom is 0.329 e. The third-order valence-corrected chi connectivity index (χ3v) is 3.36. The lowest BCUT2D eigenvalue weighted by atomic mass is 10.1. The highest BCUT2D eigenvalue weighted by Crippen LogP contribution is 2.14. The Morgan fingerprint density at radius 1 is 1.08 bits per heavy atom. The third kappa shape index (κ3) is 4.82. The molecule has 24 heavy (non-hydrogen) atoms. The average Bonchev–Trinajstić information content (AvgIpc) is 2.59. The largest absolute Gasteiger partial charge is 0.497 e. The molecular formula is C17H16ClN3O3. The van der Waals surface area contributed by atoms with Gasteiger partial charge in [-0.1, -0.05) is 17.7 Å². The summed E-state index contributed by atoms with van der Waals surface area (Å²) < 4.78 is 5.07. The van der Waals surface area contributed by atoms with Gasteiger partial charge in [0.1, 0.15) is 5.75 Å². The van der Waals surface area contributed by atoms with Crippen LogP contribution >= 0.6 is 11.6 Å². The van der Waals surface area contributed by atoms with Crippen molar-refractivity contribution in [2.24, 2.45) is 5.10 Å². The van der Waals surface area contributed by atoms with Crippen LogP contribution in [-0.4, -0.2) is 24.6 Å². The lowest BCUT2D eigenvalue weighted by molar-refractivity contribution is -0.136. The molecule has 0 aliphatic rings. The fourth-order valence-electron chi connectivity index (χ4n) is 1.84. The molecule has 0 radical (unpaired) electrons. The normalized spacial score (nSPS) is 10.9. The van der Waals surface area contributed by atoms with E-state index in [4.69, 9.17) is 16.3 Å². The number of anilines is 1. The first-order chi connectivity index (χ1) is 11.5. The quantitative estimate of drug-likeness (QED) is 0.508. The molecule has 0 bridgehead atoms. The molecule has 0 aromatic heterocycles. The molecule has 2 aromatic rings. The van der Waals surface area contributed by atoms with Crippen LogP contribution in [0.5, 0.6) is 5.75 Å². The second-order valence-electron chi connectivity index (χ2n) is 4.83. The standard InChI is InChI=1S/C17H16ClN3O3/c1-11(12-6-8-15(24-2)9-7-12)20-21-17(23)16(22)19-14-5-3-4-13(18)10-14/h3-10H,1-2H3,(H,19,22)(H,21,23). The first-order valence-corrected chi connectivity index (χ1v) is 7.43. The van der Waals surface area contributed by atoms with E-state index < -0.39 is 11.8 Å².